The molecule has 1 atom stereocenters. The molecule has 1 N–H and O–H groups in total. The van der Waals surface area contributed by atoms with Crippen LogP contribution in [-0.4, -0.2) is 28.3 Å². The molecule has 1 fully saturated rings. The molecule has 5 nitrogen and oxygen atoms in total. The van der Waals surface area contributed by atoms with Crippen molar-refractivity contribution < 1.29 is 9.53 Å². The first-order valence-corrected chi connectivity index (χ1v) is 9.68. The van der Waals surface area contributed by atoms with Gasteiger partial charge in [0.1, 0.15) is 5.75 Å². The monoisotopic (exact) mass is 417 g/mol. The van der Waals surface area contributed by atoms with Crippen molar-refractivity contribution in [1.82, 2.24) is 15.1 Å². The molecule has 1 heterocycles. The Morgan fingerprint density at radius 3 is 3.00 bits per heavy atom. The number of hydrogen-bond donors (Lipinski definition) is 1. The molecule has 1 aliphatic carbocycles. The van der Waals surface area contributed by atoms with Gasteiger partial charge in [-0.05, 0) is 43.4 Å². The molecule has 3 rings (SSSR count). The largest absolute Gasteiger partial charge is 0.493 e. The molecule has 0 unspecified atom stereocenters. The Hall–Kier alpha value is -2.08. The van der Waals surface area contributed by atoms with E-state index >= 15 is 0 Å². The number of ether oxygens (including phenoxy) is 1. The summed E-state index contributed by atoms with van der Waals surface area (Å²) >= 11 is 3.63. The third kappa shape index (κ3) is 5.73. The minimum absolute atomic E-state index is 0.00632. The van der Waals surface area contributed by atoms with Crippen molar-refractivity contribution in [1.29, 1.82) is 0 Å². The van der Waals surface area contributed by atoms with Crippen LogP contribution in [0, 0.1) is 5.92 Å². The molecule has 138 valence electrons. The molecule has 26 heavy (non-hydrogen) atoms. The van der Waals surface area contributed by atoms with E-state index in [1.54, 1.807) is 0 Å². The average Bonchev–Trinajstić information content (AvgIpc) is 3.31. The number of carbonyl (C=O) groups excluding carboxylic acids is 1. The van der Waals surface area contributed by atoms with E-state index in [0.29, 0.717) is 6.54 Å². The second-order valence-electron chi connectivity index (χ2n) is 6.83. The van der Waals surface area contributed by atoms with E-state index in [2.05, 4.69) is 32.4 Å². The van der Waals surface area contributed by atoms with Gasteiger partial charge in [-0.25, -0.2) is 0 Å². The fourth-order valence-corrected chi connectivity index (χ4v) is 3.08. The second kappa shape index (κ2) is 8.54. The number of nitrogens with one attached hydrogen (secondary N) is 1. The highest BCUT2D eigenvalue weighted by molar-refractivity contribution is 9.10. The number of hydrogen-bond acceptors (Lipinski definition) is 3. The highest BCUT2D eigenvalue weighted by Gasteiger charge is 2.21. The van der Waals surface area contributed by atoms with E-state index in [4.69, 9.17) is 4.74 Å². The Kier molecular flexibility index (Phi) is 6.14. The minimum Gasteiger partial charge on any atom is -0.493 e. The van der Waals surface area contributed by atoms with Crippen LogP contribution in [0.15, 0.2) is 41.1 Å². The Bertz CT molecular complexity index is 796. The van der Waals surface area contributed by atoms with E-state index in [1.165, 1.54) is 19.8 Å². The summed E-state index contributed by atoms with van der Waals surface area (Å²) in [5.41, 5.74) is 2.15. The van der Waals surface area contributed by atoms with Crippen molar-refractivity contribution in [3.05, 3.63) is 52.3 Å². The predicted molar refractivity (Wildman–Crippen MR) is 106 cm³/mol. The van der Waals surface area contributed by atoms with Gasteiger partial charge in [0.15, 0.2) is 0 Å². The first kappa shape index (κ1) is 18.7. The molecule has 0 bridgehead atoms. The standard InChI is InChI=1S/C20H24BrN3O2/c1-14(23-15(2)25)3-4-17-10-22-24(11-17)12-18-7-8-19(9-20(18)21)26-13-16-5-6-16/h3-4,7-11,14,16H,5-6,12-13H2,1-2H3,(H,23,25)/b4-3+/t14-/m0/s1. The van der Waals surface area contributed by atoms with Crippen LogP contribution in [0.3, 0.4) is 0 Å². The van der Waals surface area contributed by atoms with Gasteiger partial charge in [-0.15, -0.1) is 0 Å². The topological polar surface area (TPSA) is 56.2 Å². The summed E-state index contributed by atoms with van der Waals surface area (Å²) in [6.45, 7) is 4.95. The number of carbonyl (C=O) groups is 1. The van der Waals surface area contributed by atoms with E-state index < -0.39 is 0 Å². The van der Waals surface area contributed by atoms with Crippen LogP contribution < -0.4 is 10.1 Å². The normalized spacial score (nSPS) is 15.2. The lowest BCUT2D eigenvalue weighted by molar-refractivity contribution is -0.119. The Balaban J connectivity index is 1.57. The average molecular weight is 418 g/mol. The Labute approximate surface area is 162 Å². The van der Waals surface area contributed by atoms with E-state index in [1.807, 2.05) is 48.3 Å². The highest BCUT2D eigenvalue weighted by atomic mass is 79.9. The molecular weight excluding hydrogens is 394 g/mol. The van der Waals surface area contributed by atoms with Gasteiger partial charge in [-0.1, -0.05) is 34.1 Å². The summed E-state index contributed by atoms with van der Waals surface area (Å²) in [4.78, 5) is 11.0. The molecule has 0 spiro atoms. The van der Waals surface area contributed by atoms with Crippen LogP contribution in [0.1, 0.15) is 37.8 Å². The summed E-state index contributed by atoms with van der Waals surface area (Å²) < 4.78 is 8.73. The summed E-state index contributed by atoms with van der Waals surface area (Å²) in [5, 5.41) is 7.23. The van der Waals surface area contributed by atoms with Crippen LogP contribution in [-0.2, 0) is 11.3 Å². The molecule has 6 heteroatoms. The van der Waals surface area contributed by atoms with Crippen molar-refractivity contribution in [2.24, 2.45) is 5.92 Å². The number of aromatic nitrogens is 2. The van der Waals surface area contributed by atoms with Gasteiger partial charge in [0.25, 0.3) is 0 Å². The summed E-state index contributed by atoms with van der Waals surface area (Å²) in [6, 6.07) is 6.11. The minimum atomic E-state index is -0.0350. The first-order chi connectivity index (χ1) is 12.5. The van der Waals surface area contributed by atoms with Gasteiger partial charge in [0.2, 0.25) is 5.91 Å². The molecule has 1 aliphatic rings. The van der Waals surface area contributed by atoms with Gasteiger partial charge in [-0.3, -0.25) is 9.48 Å². The predicted octanol–water partition coefficient (Wildman–Crippen LogP) is 4.02. The summed E-state index contributed by atoms with van der Waals surface area (Å²) in [5.74, 6) is 1.62. The van der Waals surface area contributed by atoms with Crippen molar-refractivity contribution >= 4 is 27.9 Å². The van der Waals surface area contributed by atoms with Gasteiger partial charge >= 0.3 is 0 Å². The highest BCUT2D eigenvalue weighted by Crippen LogP contribution is 2.30. The van der Waals surface area contributed by atoms with Crippen molar-refractivity contribution in [3.8, 4) is 5.75 Å². The van der Waals surface area contributed by atoms with Gasteiger partial charge in [0.05, 0.1) is 19.3 Å². The van der Waals surface area contributed by atoms with Gasteiger partial charge in [0, 0.05) is 29.2 Å². The molecule has 2 aromatic rings. The van der Waals surface area contributed by atoms with E-state index in [0.717, 1.165) is 33.9 Å². The van der Waals surface area contributed by atoms with Crippen LogP contribution in [0.2, 0.25) is 0 Å². The quantitative estimate of drug-likeness (QED) is 0.705. The van der Waals surface area contributed by atoms with Crippen molar-refractivity contribution in [2.45, 2.75) is 39.3 Å². The molecular formula is C20H24BrN3O2. The third-order valence-corrected chi connectivity index (χ3v) is 4.94. The molecule has 1 aromatic carbocycles. The Morgan fingerprint density at radius 2 is 2.31 bits per heavy atom. The summed E-state index contributed by atoms with van der Waals surface area (Å²) in [7, 11) is 0. The van der Waals surface area contributed by atoms with Crippen LogP contribution in [0.5, 0.6) is 5.75 Å². The zero-order valence-corrected chi connectivity index (χ0v) is 16.7. The third-order valence-electron chi connectivity index (χ3n) is 4.20. The van der Waals surface area contributed by atoms with E-state index in [9.17, 15) is 4.79 Å². The van der Waals surface area contributed by atoms with Crippen molar-refractivity contribution in [2.75, 3.05) is 6.61 Å². The molecule has 0 aliphatic heterocycles. The smallest absolute Gasteiger partial charge is 0.217 e. The number of benzene rings is 1. The fourth-order valence-electron chi connectivity index (χ4n) is 2.60. The van der Waals surface area contributed by atoms with E-state index in [-0.39, 0.29) is 11.9 Å². The summed E-state index contributed by atoms with van der Waals surface area (Å²) in [6.07, 6.45) is 10.3. The van der Waals surface area contributed by atoms with Gasteiger partial charge < -0.3 is 10.1 Å². The molecule has 1 saturated carbocycles. The maximum Gasteiger partial charge on any atom is 0.217 e. The van der Waals surface area contributed by atoms with Crippen LogP contribution in [0.4, 0.5) is 0 Å². The second-order valence-corrected chi connectivity index (χ2v) is 7.68. The van der Waals surface area contributed by atoms with Crippen molar-refractivity contribution in [3.63, 3.8) is 0 Å². The van der Waals surface area contributed by atoms with Crippen LogP contribution >= 0.6 is 15.9 Å². The lowest BCUT2D eigenvalue weighted by Crippen LogP contribution is -2.28. The van der Waals surface area contributed by atoms with Gasteiger partial charge in [-0.2, -0.15) is 5.10 Å². The fraction of sp³-hybridized carbons (Fsp3) is 0.400. The number of halogens is 1. The maximum atomic E-state index is 11.0. The molecule has 0 saturated heterocycles. The van der Waals surface area contributed by atoms with Crippen LogP contribution in [0.25, 0.3) is 6.08 Å². The Morgan fingerprint density at radius 1 is 1.50 bits per heavy atom. The number of amides is 1. The number of nitrogens with zero attached hydrogens (tertiary/aromatic N) is 2. The zero-order valence-electron chi connectivity index (χ0n) is 15.1. The SMILES string of the molecule is CC(=O)N[C@@H](C)/C=C/c1cnn(Cc2ccc(OCC3CC3)cc2Br)c1. The lowest BCUT2D eigenvalue weighted by Gasteiger charge is -2.09. The molecule has 1 aromatic heterocycles. The first-order valence-electron chi connectivity index (χ1n) is 8.88. The molecule has 0 radical (unpaired) electrons. The zero-order chi connectivity index (χ0) is 18.5. The lowest BCUT2D eigenvalue weighted by atomic mass is 10.2. The maximum absolute atomic E-state index is 11.0. The molecule has 1 amide bonds. The number of rotatable bonds is 8.